The molecule has 1 unspecified atom stereocenters. The van der Waals surface area contributed by atoms with Gasteiger partial charge in [-0.1, -0.05) is 0 Å². The lowest BCUT2D eigenvalue weighted by molar-refractivity contribution is 0.211. The van der Waals surface area contributed by atoms with E-state index in [0.717, 1.165) is 58.4 Å². The van der Waals surface area contributed by atoms with Crippen molar-refractivity contribution in [1.29, 1.82) is 0 Å². The van der Waals surface area contributed by atoms with Crippen LogP contribution >= 0.6 is 22.7 Å². The summed E-state index contributed by atoms with van der Waals surface area (Å²) in [5.74, 6) is 0.978. The number of thiophene rings is 1. The molecule has 5 aromatic rings. The van der Waals surface area contributed by atoms with Crippen LogP contribution in [0.15, 0.2) is 53.5 Å². The van der Waals surface area contributed by atoms with Crippen LogP contribution in [0, 0.1) is 0 Å². The van der Waals surface area contributed by atoms with E-state index < -0.39 is 0 Å². The fourth-order valence-corrected chi connectivity index (χ4v) is 5.65. The molecule has 7 heteroatoms. The Labute approximate surface area is 181 Å². The van der Waals surface area contributed by atoms with Crippen molar-refractivity contribution in [2.24, 2.45) is 0 Å². The molecule has 5 nitrogen and oxygen atoms in total. The molecule has 30 heavy (non-hydrogen) atoms. The number of pyridine rings is 1. The van der Waals surface area contributed by atoms with Crippen LogP contribution in [0.4, 0.5) is 11.4 Å². The number of likely N-dealkylation sites (N-methyl/N-ethyl adjacent to an activating group) is 1. The van der Waals surface area contributed by atoms with Crippen molar-refractivity contribution in [2.45, 2.75) is 12.5 Å². The third kappa shape index (κ3) is 3.19. The maximum atomic E-state index is 6.33. The van der Waals surface area contributed by atoms with Gasteiger partial charge in [-0.25, -0.2) is 4.98 Å². The topological polar surface area (TPSA) is 50.3 Å². The van der Waals surface area contributed by atoms with Crippen LogP contribution in [0.5, 0.6) is 5.75 Å². The maximum Gasteiger partial charge on any atom is 0.138 e. The van der Waals surface area contributed by atoms with Gasteiger partial charge in [0.25, 0.3) is 0 Å². The van der Waals surface area contributed by atoms with E-state index in [9.17, 15) is 0 Å². The minimum absolute atomic E-state index is 0.269. The van der Waals surface area contributed by atoms with E-state index >= 15 is 0 Å². The summed E-state index contributed by atoms with van der Waals surface area (Å²) in [6.45, 7) is 2.08. The number of thiazole rings is 1. The maximum absolute atomic E-state index is 6.33. The van der Waals surface area contributed by atoms with E-state index in [1.165, 1.54) is 9.40 Å². The molecule has 150 valence electrons. The summed E-state index contributed by atoms with van der Waals surface area (Å²) in [5.41, 5.74) is 5.94. The van der Waals surface area contributed by atoms with Gasteiger partial charge >= 0.3 is 0 Å². The Bertz CT molecular complexity index is 1380. The summed E-state index contributed by atoms with van der Waals surface area (Å²) < 4.78 is 8.74. The molecule has 0 bridgehead atoms. The molecule has 0 saturated carbocycles. The van der Waals surface area contributed by atoms with E-state index in [2.05, 4.69) is 62.9 Å². The Hall–Kier alpha value is -2.74. The van der Waals surface area contributed by atoms with Crippen molar-refractivity contribution in [1.82, 2.24) is 14.9 Å². The zero-order valence-corrected chi connectivity index (χ0v) is 18.1. The van der Waals surface area contributed by atoms with Gasteiger partial charge < -0.3 is 15.0 Å². The van der Waals surface area contributed by atoms with Crippen molar-refractivity contribution < 1.29 is 4.74 Å². The summed E-state index contributed by atoms with van der Waals surface area (Å²) >= 11 is 3.39. The first-order valence-corrected chi connectivity index (χ1v) is 11.7. The molecule has 3 aromatic heterocycles. The van der Waals surface area contributed by atoms with Gasteiger partial charge in [0.1, 0.15) is 11.9 Å². The second-order valence-corrected chi connectivity index (χ2v) is 9.57. The molecule has 1 saturated heterocycles. The number of fused-ring (bicyclic) bond motifs is 3. The minimum atomic E-state index is 0.269. The zero-order chi connectivity index (χ0) is 20.1. The Balaban J connectivity index is 1.37. The predicted octanol–water partition coefficient (Wildman–Crippen LogP) is 5.89. The van der Waals surface area contributed by atoms with Gasteiger partial charge in [0.05, 0.1) is 21.2 Å². The Morgan fingerprint density at radius 2 is 2.00 bits per heavy atom. The Morgan fingerprint density at radius 3 is 2.90 bits per heavy atom. The van der Waals surface area contributed by atoms with Gasteiger partial charge in [0, 0.05) is 51.5 Å². The molecule has 4 heterocycles. The second kappa shape index (κ2) is 7.19. The fraction of sp³-hybridized carbons (Fsp3) is 0.217. The first-order valence-electron chi connectivity index (χ1n) is 9.98. The van der Waals surface area contributed by atoms with Gasteiger partial charge in [0.15, 0.2) is 0 Å². The molecule has 0 radical (unpaired) electrons. The van der Waals surface area contributed by atoms with Crippen molar-refractivity contribution in [3.8, 4) is 5.75 Å². The Kier molecular flexibility index (Phi) is 4.33. The molecule has 6 rings (SSSR count). The largest absolute Gasteiger partial charge is 0.488 e. The number of hydrogen-bond acceptors (Lipinski definition) is 7. The van der Waals surface area contributed by atoms with E-state index in [1.54, 1.807) is 22.7 Å². The van der Waals surface area contributed by atoms with E-state index in [0.29, 0.717) is 0 Å². The standard InChI is InChI=1S/C23H20N4OS2/c1-27-7-5-15(11-27)28-21-12-29-23-10-16-18(4-6-24-19(16)9-17(21)23)26-14-2-3-22-20(8-14)25-13-30-22/h2-4,6,8-10,12-13,15H,5,7,11H2,1H3,(H,24,26). The average molecular weight is 433 g/mol. The SMILES string of the molecule is CN1CCC(Oc2csc3cc4c(Nc5ccc6scnc6c5)ccnc4cc23)C1. The fourth-order valence-electron chi connectivity index (χ4n) is 4.11. The Morgan fingerprint density at radius 1 is 1.03 bits per heavy atom. The zero-order valence-electron chi connectivity index (χ0n) is 16.5. The van der Waals surface area contributed by atoms with Crippen LogP contribution in [-0.4, -0.2) is 41.1 Å². The number of aromatic nitrogens is 2. The van der Waals surface area contributed by atoms with Gasteiger partial charge in [-0.3, -0.25) is 4.98 Å². The number of anilines is 2. The van der Waals surface area contributed by atoms with E-state index in [1.807, 2.05) is 17.8 Å². The molecule has 1 N–H and O–H groups in total. The van der Waals surface area contributed by atoms with Crippen LogP contribution in [0.1, 0.15) is 6.42 Å². The highest BCUT2D eigenvalue weighted by atomic mass is 32.1. The third-order valence-electron chi connectivity index (χ3n) is 5.65. The summed E-state index contributed by atoms with van der Waals surface area (Å²) in [4.78, 5) is 11.4. The number of rotatable bonds is 4. The van der Waals surface area contributed by atoms with Gasteiger partial charge in [0.2, 0.25) is 0 Å². The number of ether oxygens (including phenoxy) is 1. The predicted molar refractivity (Wildman–Crippen MR) is 127 cm³/mol. The highest BCUT2D eigenvalue weighted by Gasteiger charge is 2.22. The third-order valence-corrected chi connectivity index (χ3v) is 7.39. The van der Waals surface area contributed by atoms with Crippen LogP contribution in [-0.2, 0) is 0 Å². The monoisotopic (exact) mass is 432 g/mol. The van der Waals surface area contributed by atoms with Crippen LogP contribution in [0.25, 0.3) is 31.2 Å². The van der Waals surface area contributed by atoms with Crippen molar-refractivity contribution in [3.63, 3.8) is 0 Å². The summed E-state index contributed by atoms with van der Waals surface area (Å²) in [6, 6.07) is 12.7. The van der Waals surface area contributed by atoms with Crippen LogP contribution in [0.3, 0.4) is 0 Å². The smallest absolute Gasteiger partial charge is 0.138 e. The van der Waals surface area contributed by atoms with Gasteiger partial charge in [-0.15, -0.1) is 22.7 Å². The molecule has 0 spiro atoms. The van der Waals surface area contributed by atoms with Gasteiger partial charge in [-0.05, 0) is 49.9 Å². The number of nitrogens with zero attached hydrogens (tertiary/aromatic N) is 3. The number of likely N-dealkylation sites (tertiary alicyclic amines) is 1. The molecule has 0 amide bonds. The molecule has 0 aliphatic carbocycles. The first kappa shape index (κ1) is 18.1. The van der Waals surface area contributed by atoms with Crippen molar-refractivity contribution >= 4 is 65.3 Å². The van der Waals surface area contributed by atoms with Crippen molar-refractivity contribution in [2.75, 3.05) is 25.5 Å². The van der Waals surface area contributed by atoms with Crippen LogP contribution < -0.4 is 10.1 Å². The second-order valence-electron chi connectivity index (χ2n) is 7.77. The molecule has 1 atom stereocenters. The molecule has 1 aliphatic rings. The minimum Gasteiger partial charge on any atom is -0.488 e. The van der Waals surface area contributed by atoms with Gasteiger partial charge in [-0.2, -0.15) is 0 Å². The summed E-state index contributed by atoms with van der Waals surface area (Å²) in [5, 5.41) is 7.94. The highest BCUT2D eigenvalue weighted by Crippen LogP contribution is 2.38. The molecule has 2 aromatic carbocycles. The molecular weight excluding hydrogens is 412 g/mol. The first-order chi connectivity index (χ1) is 14.7. The lowest BCUT2D eigenvalue weighted by atomic mass is 10.1. The summed E-state index contributed by atoms with van der Waals surface area (Å²) in [7, 11) is 2.15. The lowest BCUT2D eigenvalue weighted by Gasteiger charge is -2.13. The summed E-state index contributed by atoms with van der Waals surface area (Å²) in [6.07, 6.45) is 3.21. The number of nitrogens with one attached hydrogen (secondary N) is 1. The van der Waals surface area contributed by atoms with Crippen molar-refractivity contribution in [3.05, 3.63) is 53.5 Å². The molecule has 1 aliphatic heterocycles. The molecule has 1 fully saturated rings. The normalized spacial score (nSPS) is 17.3. The van der Waals surface area contributed by atoms with E-state index in [-0.39, 0.29) is 6.10 Å². The molecular formula is C23H20N4OS2. The lowest BCUT2D eigenvalue weighted by Crippen LogP contribution is -2.21. The highest BCUT2D eigenvalue weighted by molar-refractivity contribution is 7.17. The van der Waals surface area contributed by atoms with Crippen LogP contribution in [0.2, 0.25) is 0 Å². The number of hydrogen-bond donors (Lipinski definition) is 1. The number of benzene rings is 2. The average Bonchev–Trinajstić information content (AvgIpc) is 3.47. The van der Waals surface area contributed by atoms with E-state index in [4.69, 9.17) is 4.74 Å². The quantitative estimate of drug-likeness (QED) is 0.384.